The number of hydrogen-bond acceptors (Lipinski definition) is 4. The number of aryl methyl sites for hydroxylation is 1. The van der Waals surface area contributed by atoms with E-state index in [9.17, 15) is 9.59 Å². The van der Waals surface area contributed by atoms with E-state index in [0.29, 0.717) is 17.9 Å². The lowest BCUT2D eigenvalue weighted by molar-refractivity contribution is -0.117. The predicted molar refractivity (Wildman–Crippen MR) is 83.2 cm³/mol. The molecule has 1 aliphatic rings. The fraction of sp³-hybridized carbons (Fsp3) is 0.333. The van der Waals surface area contributed by atoms with Gasteiger partial charge in [0, 0.05) is 23.4 Å². The molecule has 0 bridgehead atoms. The molecule has 21 heavy (non-hydrogen) atoms. The van der Waals surface area contributed by atoms with Gasteiger partial charge < -0.3 is 15.7 Å². The standard InChI is InChI=1S/C15H16N2O3S/c1-10-8-11(4-2-3-7-18)5-6-12(10)16-14(19)13-9-21-15(20)17-13/h5-6,8,13,18H,3,7,9H2,1H3,(H,16,19)(H,17,20). The lowest BCUT2D eigenvalue weighted by Crippen LogP contribution is -2.38. The second-order valence-corrected chi connectivity index (χ2v) is 5.58. The normalized spacial score (nSPS) is 16.9. The van der Waals surface area contributed by atoms with E-state index in [1.807, 2.05) is 19.1 Å². The highest BCUT2D eigenvalue weighted by atomic mass is 32.2. The third kappa shape index (κ3) is 4.25. The molecule has 5 nitrogen and oxygen atoms in total. The van der Waals surface area contributed by atoms with Crippen molar-refractivity contribution in [3.05, 3.63) is 29.3 Å². The van der Waals surface area contributed by atoms with E-state index in [0.717, 1.165) is 22.9 Å². The quantitative estimate of drug-likeness (QED) is 0.739. The molecule has 0 radical (unpaired) electrons. The molecule has 110 valence electrons. The molecule has 1 aliphatic heterocycles. The van der Waals surface area contributed by atoms with Crippen LogP contribution in [0.4, 0.5) is 10.5 Å². The van der Waals surface area contributed by atoms with Gasteiger partial charge in [-0.15, -0.1) is 0 Å². The van der Waals surface area contributed by atoms with Crippen molar-refractivity contribution < 1.29 is 14.7 Å². The van der Waals surface area contributed by atoms with Crippen LogP contribution in [0, 0.1) is 18.8 Å². The van der Waals surface area contributed by atoms with E-state index in [1.54, 1.807) is 6.07 Å². The fourth-order valence-corrected chi connectivity index (χ4v) is 2.63. The second kappa shape index (κ2) is 7.16. The maximum absolute atomic E-state index is 12.0. The fourth-order valence-electron chi connectivity index (χ4n) is 1.85. The molecule has 0 aromatic heterocycles. The number of anilines is 1. The van der Waals surface area contributed by atoms with E-state index in [2.05, 4.69) is 22.5 Å². The number of thioether (sulfide) groups is 1. The first kappa shape index (κ1) is 15.4. The molecule has 1 saturated heterocycles. The third-order valence-electron chi connectivity index (χ3n) is 2.94. The van der Waals surface area contributed by atoms with Crippen LogP contribution in [0.2, 0.25) is 0 Å². The third-order valence-corrected chi connectivity index (χ3v) is 3.82. The summed E-state index contributed by atoms with van der Waals surface area (Å²) in [6.45, 7) is 1.93. The SMILES string of the molecule is Cc1cc(C#CCCO)ccc1NC(=O)C1CSC(=O)N1. The lowest BCUT2D eigenvalue weighted by atomic mass is 10.1. The van der Waals surface area contributed by atoms with Crippen molar-refractivity contribution in [3.8, 4) is 11.8 Å². The first-order valence-corrected chi connectivity index (χ1v) is 7.53. The molecule has 0 spiro atoms. The Morgan fingerprint density at radius 1 is 1.57 bits per heavy atom. The minimum Gasteiger partial charge on any atom is -0.395 e. The zero-order valence-electron chi connectivity index (χ0n) is 11.6. The Kier molecular flexibility index (Phi) is 5.26. The summed E-state index contributed by atoms with van der Waals surface area (Å²) in [5.74, 6) is 6.04. The van der Waals surface area contributed by atoms with Crippen molar-refractivity contribution in [2.75, 3.05) is 17.7 Å². The van der Waals surface area contributed by atoms with Gasteiger partial charge in [-0.2, -0.15) is 0 Å². The topological polar surface area (TPSA) is 78.4 Å². The highest BCUT2D eigenvalue weighted by molar-refractivity contribution is 8.14. The molecule has 0 aliphatic carbocycles. The number of carbonyl (C=O) groups excluding carboxylic acids is 2. The molecule has 1 heterocycles. The molecule has 1 aromatic rings. The predicted octanol–water partition coefficient (Wildman–Crippen LogP) is 1.49. The van der Waals surface area contributed by atoms with Gasteiger partial charge in [0.25, 0.3) is 5.24 Å². The second-order valence-electron chi connectivity index (χ2n) is 4.59. The van der Waals surface area contributed by atoms with Gasteiger partial charge in [-0.25, -0.2) is 0 Å². The van der Waals surface area contributed by atoms with Gasteiger partial charge in [-0.05, 0) is 30.7 Å². The van der Waals surface area contributed by atoms with Gasteiger partial charge in [0.1, 0.15) is 6.04 Å². The number of benzene rings is 1. The summed E-state index contributed by atoms with van der Waals surface area (Å²) in [7, 11) is 0. The van der Waals surface area contributed by atoms with Crippen LogP contribution in [0.3, 0.4) is 0 Å². The van der Waals surface area contributed by atoms with E-state index < -0.39 is 6.04 Å². The van der Waals surface area contributed by atoms with Crippen molar-refractivity contribution in [1.82, 2.24) is 5.32 Å². The Balaban J connectivity index is 2.02. The van der Waals surface area contributed by atoms with Crippen LogP contribution >= 0.6 is 11.8 Å². The van der Waals surface area contributed by atoms with Gasteiger partial charge >= 0.3 is 0 Å². The molecule has 1 unspecified atom stereocenters. The molecule has 2 rings (SSSR count). The maximum atomic E-state index is 12.0. The summed E-state index contributed by atoms with van der Waals surface area (Å²) in [4.78, 5) is 23.1. The van der Waals surface area contributed by atoms with Crippen LogP contribution in [0.1, 0.15) is 17.5 Å². The van der Waals surface area contributed by atoms with Crippen molar-refractivity contribution >= 4 is 28.6 Å². The minimum atomic E-state index is -0.481. The summed E-state index contributed by atoms with van der Waals surface area (Å²) in [6, 6.07) is 5.00. The summed E-state index contributed by atoms with van der Waals surface area (Å²) in [6.07, 6.45) is 0.441. The summed E-state index contributed by atoms with van der Waals surface area (Å²) < 4.78 is 0. The average molecular weight is 304 g/mol. The number of aliphatic hydroxyl groups is 1. The Labute approximate surface area is 127 Å². The number of hydrogen-bond donors (Lipinski definition) is 3. The number of carbonyl (C=O) groups is 2. The van der Waals surface area contributed by atoms with Crippen LogP contribution < -0.4 is 10.6 Å². The Morgan fingerprint density at radius 3 is 3.00 bits per heavy atom. The summed E-state index contributed by atoms with van der Waals surface area (Å²) in [5, 5.41) is 13.9. The highest BCUT2D eigenvalue weighted by Gasteiger charge is 2.28. The first-order chi connectivity index (χ1) is 10.1. The molecular formula is C15H16N2O3S. The molecular weight excluding hydrogens is 288 g/mol. The molecule has 1 aromatic carbocycles. The highest BCUT2D eigenvalue weighted by Crippen LogP contribution is 2.19. The first-order valence-electron chi connectivity index (χ1n) is 6.54. The van der Waals surface area contributed by atoms with E-state index >= 15 is 0 Å². The minimum absolute atomic E-state index is 0.0469. The zero-order valence-corrected chi connectivity index (χ0v) is 12.4. The Hall–Kier alpha value is -1.97. The lowest BCUT2D eigenvalue weighted by Gasteiger charge is -2.12. The average Bonchev–Trinajstić information content (AvgIpc) is 2.89. The molecule has 1 atom stereocenters. The van der Waals surface area contributed by atoms with Crippen LogP contribution in [0.25, 0.3) is 0 Å². The van der Waals surface area contributed by atoms with Crippen molar-refractivity contribution in [3.63, 3.8) is 0 Å². The van der Waals surface area contributed by atoms with Crippen molar-refractivity contribution in [2.24, 2.45) is 0 Å². The molecule has 6 heteroatoms. The number of aliphatic hydroxyl groups excluding tert-OH is 1. The van der Waals surface area contributed by atoms with Gasteiger partial charge in [-0.1, -0.05) is 23.6 Å². The van der Waals surface area contributed by atoms with E-state index in [-0.39, 0.29) is 17.8 Å². The largest absolute Gasteiger partial charge is 0.395 e. The Morgan fingerprint density at radius 2 is 2.38 bits per heavy atom. The van der Waals surface area contributed by atoms with Gasteiger partial charge in [0.05, 0.1) is 6.61 Å². The number of amides is 2. The molecule has 2 amide bonds. The summed E-state index contributed by atoms with van der Waals surface area (Å²) >= 11 is 1.11. The monoisotopic (exact) mass is 304 g/mol. The smallest absolute Gasteiger partial charge is 0.279 e. The molecule has 3 N–H and O–H groups in total. The Bertz CT molecular complexity index is 619. The van der Waals surface area contributed by atoms with Crippen molar-refractivity contribution in [1.29, 1.82) is 0 Å². The van der Waals surface area contributed by atoms with Crippen LogP contribution in [-0.2, 0) is 4.79 Å². The van der Waals surface area contributed by atoms with Gasteiger partial charge in [0.15, 0.2) is 0 Å². The van der Waals surface area contributed by atoms with Gasteiger partial charge in [-0.3, -0.25) is 9.59 Å². The zero-order chi connectivity index (χ0) is 15.2. The maximum Gasteiger partial charge on any atom is 0.279 e. The number of nitrogens with one attached hydrogen (secondary N) is 2. The van der Waals surface area contributed by atoms with Gasteiger partial charge in [0.2, 0.25) is 5.91 Å². The van der Waals surface area contributed by atoms with Crippen LogP contribution in [0.15, 0.2) is 18.2 Å². The van der Waals surface area contributed by atoms with E-state index in [1.165, 1.54) is 0 Å². The molecule has 0 saturated carbocycles. The van der Waals surface area contributed by atoms with E-state index in [4.69, 9.17) is 5.11 Å². The summed E-state index contributed by atoms with van der Waals surface area (Å²) in [5.41, 5.74) is 2.44. The number of rotatable bonds is 3. The molecule has 1 fully saturated rings. The van der Waals surface area contributed by atoms with Crippen LogP contribution in [0.5, 0.6) is 0 Å². The van der Waals surface area contributed by atoms with Crippen molar-refractivity contribution in [2.45, 2.75) is 19.4 Å². The van der Waals surface area contributed by atoms with Crippen LogP contribution in [-0.4, -0.2) is 34.7 Å².